The molecule has 0 N–H and O–H groups in total. The first-order valence-electron chi connectivity index (χ1n) is 3.85. The minimum atomic E-state index is -2.93. The third-order valence-corrected chi connectivity index (χ3v) is 6.46. The highest BCUT2D eigenvalue weighted by Crippen LogP contribution is 2.39. The zero-order valence-electron chi connectivity index (χ0n) is 6.67. The van der Waals surface area contributed by atoms with Crippen LogP contribution in [0.3, 0.4) is 0 Å². The van der Waals surface area contributed by atoms with Crippen molar-refractivity contribution in [1.82, 2.24) is 0 Å². The summed E-state index contributed by atoms with van der Waals surface area (Å²) in [5, 5.41) is 1.57. The maximum absolute atomic E-state index is 11.7. The van der Waals surface area contributed by atoms with Gasteiger partial charge in [0.2, 0.25) is 0 Å². The van der Waals surface area contributed by atoms with Crippen molar-refractivity contribution in [2.75, 3.05) is 0 Å². The molecule has 2 aliphatic heterocycles. The smallest absolute Gasteiger partial charge is 0.169 e. The molecule has 12 heavy (non-hydrogen) atoms. The summed E-state index contributed by atoms with van der Waals surface area (Å²) in [6.07, 6.45) is 5.73. The highest BCUT2D eigenvalue weighted by atomic mass is 32.3. The van der Waals surface area contributed by atoms with Crippen molar-refractivity contribution in [3.63, 3.8) is 0 Å². The van der Waals surface area contributed by atoms with Gasteiger partial charge in [0.25, 0.3) is 0 Å². The minimum absolute atomic E-state index is 0.108. The Labute approximate surface area is 76.7 Å². The number of thioether (sulfide) groups is 1. The zero-order chi connectivity index (χ0) is 8.77. The molecule has 0 saturated heterocycles. The molecule has 0 aromatic rings. The number of hydrogen-bond acceptors (Lipinski definition) is 3. The minimum Gasteiger partial charge on any atom is -0.227 e. The number of rotatable bonds is 0. The van der Waals surface area contributed by atoms with E-state index in [2.05, 4.69) is 0 Å². The molecule has 0 aromatic carbocycles. The van der Waals surface area contributed by atoms with Crippen LogP contribution in [0.5, 0.6) is 0 Å². The van der Waals surface area contributed by atoms with Crippen molar-refractivity contribution < 1.29 is 8.42 Å². The molecule has 0 aliphatic carbocycles. The topological polar surface area (TPSA) is 34.1 Å². The van der Waals surface area contributed by atoms with Crippen LogP contribution in [0.15, 0.2) is 23.6 Å². The third-order valence-electron chi connectivity index (χ3n) is 2.27. The van der Waals surface area contributed by atoms with Crippen LogP contribution >= 0.6 is 11.8 Å². The van der Waals surface area contributed by atoms with Crippen molar-refractivity contribution in [1.29, 1.82) is 0 Å². The second-order valence-electron chi connectivity index (χ2n) is 3.09. The Hall–Kier alpha value is -0.220. The van der Waals surface area contributed by atoms with Crippen LogP contribution in [0.25, 0.3) is 0 Å². The summed E-state index contributed by atoms with van der Waals surface area (Å²) in [4.78, 5) is 0. The second-order valence-corrected chi connectivity index (χ2v) is 6.87. The Morgan fingerprint density at radius 3 is 2.75 bits per heavy atom. The molecular formula is C8H10O2S2. The van der Waals surface area contributed by atoms with Gasteiger partial charge in [0.05, 0.1) is 5.25 Å². The lowest BCUT2D eigenvalue weighted by atomic mass is 10.1. The van der Waals surface area contributed by atoms with Crippen LogP contribution in [0.2, 0.25) is 0 Å². The average molecular weight is 202 g/mol. The summed E-state index contributed by atoms with van der Waals surface area (Å²) in [5.41, 5.74) is 0. The van der Waals surface area contributed by atoms with E-state index in [1.54, 1.807) is 13.0 Å². The Balaban J connectivity index is 2.45. The molecule has 2 unspecified atom stereocenters. The van der Waals surface area contributed by atoms with Gasteiger partial charge in [-0.2, -0.15) is 0 Å². The van der Waals surface area contributed by atoms with Crippen LogP contribution < -0.4 is 0 Å². The summed E-state index contributed by atoms with van der Waals surface area (Å²) in [6.45, 7) is 1.74. The molecule has 2 nitrogen and oxygen atoms in total. The van der Waals surface area contributed by atoms with E-state index in [0.717, 1.165) is 0 Å². The normalized spacial score (nSPS) is 42.9. The van der Waals surface area contributed by atoms with Gasteiger partial charge in [0.15, 0.2) is 9.84 Å². The lowest BCUT2D eigenvalue weighted by molar-refractivity contribution is 0.579. The Bertz CT molecular complexity index is 340. The lowest BCUT2D eigenvalue weighted by Crippen LogP contribution is -2.33. The van der Waals surface area contributed by atoms with Crippen LogP contribution in [0.4, 0.5) is 0 Å². The van der Waals surface area contributed by atoms with E-state index in [9.17, 15) is 8.42 Å². The highest BCUT2D eigenvalue weighted by Gasteiger charge is 2.39. The van der Waals surface area contributed by atoms with E-state index in [0.29, 0.717) is 0 Å². The van der Waals surface area contributed by atoms with E-state index in [1.165, 1.54) is 11.8 Å². The van der Waals surface area contributed by atoms with Gasteiger partial charge in [0.1, 0.15) is 4.58 Å². The molecule has 4 heteroatoms. The summed E-state index contributed by atoms with van der Waals surface area (Å²) in [5.74, 6) is 0.108. The first-order valence-corrected chi connectivity index (χ1v) is 6.41. The van der Waals surface area contributed by atoms with Crippen LogP contribution in [-0.2, 0) is 9.84 Å². The maximum Gasteiger partial charge on any atom is 0.169 e. The number of hydrogen-bond donors (Lipinski definition) is 0. The van der Waals surface area contributed by atoms with Crippen LogP contribution in [-0.4, -0.2) is 18.2 Å². The van der Waals surface area contributed by atoms with E-state index >= 15 is 0 Å². The monoisotopic (exact) mass is 202 g/mol. The number of fused-ring (bicyclic) bond motifs is 1. The molecule has 0 saturated carbocycles. The van der Waals surface area contributed by atoms with Crippen molar-refractivity contribution in [3.05, 3.63) is 23.6 Å². The third kappa shape index (κ3) is 1.05. The summed E-state index contributed by atoms with van der Waals surface area (Å²) in [7, 11) is -2.93. The predicted molar refractivity (Wildman–Crippen MR) is 51.5 cm³/mol. The van der Waals surface area contributed by atoms with Crippen LogP contribution in [0.1, 0.15) is 6.92 Å². The Morgan fingerprint density at radius 1 is 1.25 bits per heavy atom. The molecule has 0 aromatic heterocycles. The quantitative estimate of drug-likeness (QED) is 0.559. The first kappa shape index (κ1) is 8.38. The molecule has 0 amide bonds. The molecular weight excluding hydrogens is 192 g/mol. The van der Waals surface area contributed by atoms with Gasteiger partial charge in [-0.1, -0.05) is 18.2 Å². The predicted octanol–water partition coefficient (Wildman–Crippen LogP) is 1.56. The van der Waals surface area contributed by atoms with Crippen LogP contribution in [0, 0.1) is 5.92 Å². The Kier molecular flexibility index (Phi) is 1.84. The van der Waals surface area contributed by atoms with E-state index in [4.69, 9.17) is 0 Å². The standard InChI is InChI=1S/C8H10O2S2/c1-6-2-3-7-4-5-11-8(7)12(6,9)10/h2-8H,1H3/t6-,7?,8?/m0/s1. The van der Waals surface area contributed by atoms with Gasteiger partial charge < -0.3 is 0 Å². The Morgan fingerprint density at radius 2 is 2.00 bits per heavy atom. The van der Waals surface area contributed by atoms with Gasteiger partial charge >= 0.3 is 0 Å². The molecule has 3 atom stereocenters. The van der Waals surface area contributed by atoms with Gasteiger partial charge in [-0.3, -0.25) is 0 Å². The summed E-state index contributed by atoms with van der Waals surface area (Å²) < 4.78 is 23.1. The molecule has 0 fully saturated rings. The first-order chi connectivity index (χ1) is 5.62. The number of sulfone groups is 1. The second kappa shape index (κ2) is 2.64. The van der Waals surface area contributed by atoms with E-state index in [1.807, 2.05) is 17.6 Å². The largest absolute Gasteiger partial charge is 0.227 e. The lowest BCUT2D eigenvalue weighted by Gasteiger charge is -2.23. The molecule has 0 spiro atoms. The van der Waals surface area contributed by atoms with Crippen molar-refractivity contribution in [2.45, 2.75) is 16.8 Å². The number of allylic oxidation sites excluding steroid dienone is 2. The molecule has 66 valence electrons. The molecule has 0 bridgehead atoms. The zero-order valence-corrected chi connectivity index (χ0v) is 8.31. The van der Waals surface area contributed by atoms with Crippen molar-refractivity contribution in [2.24, 2.45) is 5.92 Å². The molecule has 2 aliphatic rings. The van der Waals surface area contributed by atoms with Gasteiger partial charge in [-0.25, -0.2) is 8.42 Å². The van der Waals surface area contributed by atoms with Gasteiger partial charge in [-0.05, 0) is 12.3 Å². The molecule has 2 heterocycles. The fraction of sp³-hybridized carbons (Fsp3) is 0.500. The average Bonchev–Trinajstić information content (AvgIpc) is 2.46. The molecule has 2 rings (SSSR count). The highest BCUT2D eigenvalue weighted by molar-refractivity contribution is 8.15. The fourth-order valence-corrected chi connectivity index (χ4v) is 4.93. The maximum atomic E-state index is 11.7. The summed E-state index contributed by atoms with van der Waals surface area (Å²) in [6, 6.07) is 0. The van der Waals surface area contributed by atoms with Crippen molar-refractivity contribution >= 4 is 21.6 Å². The summed E-state index contributed by atoms with van der Waals surface area (Å²) >= 11 is 1.42. The fourth-order valence-electron chi connectivity index (χ4n) is 1.45. The van der Waals surface area contributed by atoms with E-state index < -0.39 is 9.84 Å². The van der Waals surface area contributed by atoms with Crippen molar-refractivity contribution in [3.8, 4) is 0 Å². The molecule has 0 radical (unpaired) electrons. The van der Waals surface area contributed by atoms with Gasteiger partial charge in [0, 0.05) is 5.92 Å². The van der Waals surface area contributed by atoms with Gasteiger partial charge in [-0.15, -0.1) is 11.8 Å². The van der Waals surface area contributed by atoms with E-state index in [-0.39, 0.29) is 15.7 Å². The SMILES string of the molecule is C[C@H]1C=CC2C=CSC2S1(=O)=O.